The number of halogens is 1. The van der Waals surface area contributed by atoms with Crippen LogP contribution < -0.4 is 10.5 Å². The standard InChI is InChI=1S/C12H16BrNO/c1-8(14)11-5-4-10(6-12(11)13)15-7-9-2-3-9/h4-6,8-9H,2-3,7,14H2,1H3/t8-/m0/s1. The highest BCUT2D eigenvalue weighted by Crippen LogP contribution is 2.31. The van der Waals surface area contributed by atoms with Crippen LogP contribution in [0.2, 0.25) is 0 Å². The van der Waals surface area contributed by atoms with E-state index in [1.165, 1.54) is 12.8 Å². The van der Waals surface area contributed by atoms with Crippen LogP contribution in [0.1, 0.15) is 31.4 Å². The third kappa shape index (κ3) is 2.95. The minimum absolute atomic E-state index is 0.0526. The fraction of sp³-hybridized carbons (Fsp3) is 0.500. The first kappa shape index (κ1) is 11.0. The normalized spacial score (nSPS) is 17.5. The molecule has 2 rings (SSSR count). The first-order chi connectivity index (χ1) is 7.16. The predicted octanol–water partition coefficient (Wildman–Crippen LogP) is 3.26. The van der Waals surface area contributed by atoms with Crippen molar-refractivity contribution in [1.29, 1.82) is 0 Å². The molecule has 1 aliphatic rings. The molecule has 15 heavy (non-hydrogen) atoms. The topological polar surface area (TPSA) is 35.2 Å². The second kappa shape index (κ2) is 4.54. The summed E-state index contributed by atoms with van der Waals surface area (Å²) in [5, 5.41) is 0. The van der Waals surface area contributed by atoms with E-state index in [9.17, 15) is 0 Å². The van der Waals surface area contributed by atoms with Gasteiger partial charge in [0.1, 0.15) is 5.75 Å². The van der Waals surface area contributed by atoms with Crippen LogP contribution in [0.3, 0.4) is 0 Å². The van der Waals surface area contributed by atoms with Gasteiger partial charge in [0.15, 0.2) is 0 Å². The highest BCUT2D eigenvalue weighted by Gasteiger charge is 2.21. The van der Waals surface area contributed by atoms with E-state index in [1.807, 2.05) is 25.1 Å². The molecule has 0 heterocycles. The summed E-state index contributed by atoms with van der Waals surface area (Å²) in [6.45, 7) is 2.83. The van der Waals surface area contributed by atoms with Crippen molar-refractivity contribution in [2.75, 3.05) is 6.61 Å². The van der Waals surface area contributed by atoms with Crippen molar-refractivity contribution in [1.82, 2.24) is 0 Å². The molecule has 0 bridgehead atoms. The molecule has 1 aromatic rings. The van der Waals surface area contributed by atoms with Crippen molar-refractivity contribution in [2.24, 2.45) is 11.7 Å². The summed E-state index contributed by atoms with van der Waals surface area (Å²) in [5.74, 6) is 1.72. The van der Waals surface area contributed by atoms with Crippen LogP contribution in [0.5, 0.6) is 5.75 Å². The molecule has 1 aromatic carbocycles. The third-order valence-electron chi connectivity index (χ3n) is 2.65. The molecule has 0 unspecified atom stereocenters. The summed E-state index contributed by atoms with van der Waals surface area (Å²) in [6, 6.07) is 6.07. The highest BCUT2D eigenvalue weighted by molar-refractivity contribution is 9.10. The van der Waals surface area contributed by atoms with Gasteiger partial charge in [-0.1, -0.05) is 22.0 Å². The second-order valence-electron chi connectivity index (χ2n) is 4.23. The molecule has 3 heteroatoms. The van der Waals surface area contributed by atoms with Gasteiger partial charge in [-0.3, -0.25) is 0 Å². The average Bonchev–Trinajstić information content (AvgIpc) is 2.97. The molecule has 0 aromatic heterocycles. The Labute approximate surface area is 98.9 Å². The second-order valence-corrected chi connectivity index (χ2v) is 5.08. The molecule has 0 aliphatic heterocycles. The first-order valence-corrected chi connectivity index (χ1v) is 6.14. The molecule has 0 amide bonds. The summed E-state index contributed by atoms with van der Waals surface area (Å²) >= 11 is 3.51. The van der Waals surface area contributed by atoms with Gasteiger partial charge in [0.05, 0.1) is 6.61 Å². The van der Waals surface area contributed by atoms with Gasteiger partial charge in [-0.2, -0.15) is 0 Å². The van der Waals surface area contributed by atoms with Crippen molar-refractivity contribution in [2.45, 2.75) is 25.8 Å². The zero-order valence-corrected chi connectivity index (χ0v) is 10.5. The van der Waals surface area contributed by atoms with Gasteiger partial charge in [0.25, 0.3) is 0 Å². The summed E-state index contributed by atoms with van der Waals surface area (Å²) in [7, 11) is 0. The molecule has 1 atom stereocenters. The van der Waals surface area contributed by atoms with Gasteiger partial charge in [-0.05, 0) is 43.4 Å². The monoisotopic (exact) mass is 269 g/mol. The lowest BCUT2D eigenvalue weighted by Crippen LogP contribution is -2.06. The third-order valence-corrected chi connectivity index (χ3v) is 3.33. The number of ether oxygens (including phenoxy) is 1. The van der Waals surface area contributed by atoms with E-state index in [4.69, 9.17) is 10.5 Å². The fourth-order valence-electron chi connectivity index (χ4n) is 1.47. The smallest absolute Gasteiger partial charge is 0.120 e. The Hall–Kier alpha value is -0.540. The largest absolute Gasteiger partial charge is 0.493 e. The van der Waals surface area contributed by atoms with Crippen molar-refractivity contribution in [3.63, 3.8) is 0 Å². The van der Waals surface area contributed by atoms with E-state index < -0.39 is 0 Å². The number of hydrogen-bond acceptors (Lipinski definition) is 2. The number of hydrogen-bond donors (Lipinski definition) is 1. The van der Waals surface area contributed by atoms with E-state index in [0.717, 1.165) is 28.3 Å². The summed E-state index contributed by atoms with van der Waals surface area (Å²) in [4.78, 5) is 0. The molecular weight excluding hydrogens is 254 g/mol. The van der Waals surface area contributed by atoms with Gasteiger partial charge in [0, 0.05) is 10.5 Å². The van der Waals surface area contributed by atoms with Gasteiger partial charge in [-0.15, -0.1) is 0 Å². The molecule has 0 radical (unpaired) electrons. The lowest BCUT2D eigenvalue weighted by Gasteiger charge is -2.11. The Kier molecular flexibility index (Phi) is 3.32. The Bertz CT molecular complexity index is 347. The minimum Gasteiger partial charge on any atom is -0.493 e. The maximum absolute atomic E-state index is 5.83. The zero-order chi connectivity index (χ0) is 10.8. The van der Waals surface area contributed by atoms with E-state index in [-0.39, 0.29) is 6.04 Å². The van der Waals surface area contributed by atoms with E-state index in [2.05, 4.69) is 15.9 Å². The van der Waals surface area contributed by atoms with Crippen molar-refractivity contribution in [3.8, 4) is 5.75 Å². The van der Waals surface area contributed by atoms with Crippen molar-refractivity contribution in [3.05, 3.63) is 28.2 Å². The van der Waals surface area contributed by atoms with E-state index in [1.54, 1.807) is 0 Å². The van der Waals surface area contributed by atoms with Crippen LogP contribution in [0.25, 0.3) is 0 Å². The molecule has 2 nitrogen and oxygen atoms in total. The fourth-order valence-corrected chi connectivity index (χ4v) is 2.18. The van der Waals surface area contributed by atoms with Gasteiger partial charge in [0.2, 0.25) is 0 Å². The molecular formula is C12H16BrNO. The van der Waals surface area contributed by atoms with Crippen LogP contribution >= 0.6 is 15.9 Å². The Morgan fingerprint density at radius 2 is 2.27 bits per heavy atom. The summed E-state index contributed by atoms with van der Waals surface area (Å²) in [6.07, 6.45) is 2.64. The van der Waals surface area contributed by atoms with Crippen LogP contribution in [-0.2, 0) is 0 Å². The Balaban J connectivity index is 2.03. The zero-order valence-electron chi connectivity index (χ0n) is 8.87. The number of nitrogens with two attached hydrogens (primary N) is 1. The number of benzene rings is 1. The molecule has 82 valence electrons. The minimum atomic E-state index is 0.0526. The van der Waals surface area contributed by atoms with Gasteiger partial charge in [-0.25, -0.2) is 0 Å². The summed E-state index contributed by atoms with van der Waals surface area (Å²) in [5.41, 5.74) is 6.95. The molecule has 2 N–H and O–H groups in total. The number of rotatable bonds is 4. The quantitative estimate of drug-likeness (QED) is 0.911. The molecule has 1 aliphatic carbocycles. The SMILES string of the molecule is C[C@H](N)c1ccc(OCC2CC2)cc1Br. The molecule has 0 spiro atoms. The molecule has 0 saturated heterocycles. The lowest BCUT2D eigenvalue weighted by molar-refractivity contribution is 0.299. The van der Waals surface area contributed by atoms with Gasteiger partial charge < -0.3 is 10.5 Å². The average molecular weight is 270 g/mol. The van der Waals surface area contributed by atoms with Crippen molar-refractivity contribution < 1.29 is 4.74 Å². The Morgan fingerprint density at radius 3 is 2.80 bits per heavy atom. The van der Waals surface area contributed by atoms with E-state index in [0.29, 0.717) is 0 Å². The maximum Gasteiger partial charge on any atom is 0.120 e. The van der Waals surface area contributed by atoms with Gasteiger partial charge >= 0.3 is 0 Å². The van der Waals surface area contributed by atoms with Crippen LogP contribution in [0.15, 0.2) is 22.7 Å². The van der Waals surface area contributed by atoms with Crippen molar-refractivity contribution >= 4 is 15.9 Å². The highest BCUT2D eigenvalue weighted by atomic mass is 79.9. The molecule has 1 saturated carbocycles. The molecule has 1 fully saturated rings. The lowest BCUT2D eigenvalue weighted by atomic mass is 10.1. The Morgan fingerprint density at radius 1 is 1.53 bits per heavy atom. The summed E-state index contributed by atoms with van der Waals surface area (Å²) < 4.78 is 6.71. The first-order valence-electron chi connectivity index (χ1n) is 5.34. The predicted molar refractivity (Wildman–Crippen MR) is 65.0 cm³/mol. The van der Waals surface area contributed by atoms with Crippen LogP contribution in [0.4, 0.5) is 0 Å². The van der Waals surface area contributed by atoms with Crippen LogP contribution in [-0.4, -0.2) is 6.61 Å². The van der Waals surface area contributed by atoms with Crippen LogP contribution in [0, 0.1) is 5.92 Å². The van der Waals surface area contributed by atoms with E-state index >= 15 is 0 Å². The maximum atomic E-state index is 5.83.